The highest BCUT2D eigenvalue weighted by molar-refractivity contribution is 5.84. The maximum absolute atomic E-state index is 11.7. The van der Waals surface area contributed by atoms with Gasteiger partial charge in [-0.1, -0.05) is 12.1 Å². The van der Waals surface area contributed by atoms with E-state index in [2.05, 4.69) is 5.32 Å². The van der Waals surface area contributed by atoms with Gasteiger partial charge in [0.05, 0.1) is 6.61 Å². The maximum Gasteiger partial charge on any atom is 0.328 e. The van der Waals surface area contributed by atoms with Crippen molar-refractivity contribution in [1.82, 2.24) is 5.32 Å². The summed E-state index contributed by atoms with van der Waals surface area (Å²) in [6.07, 6.45) is 0.940. The van der Waals surface area contributed by atoms with Gasteiger partial charge in [0.25, 0.3) is 0 Å². The monoisotopic (exact) mass is 264 g/mol. The SMILES string of the molecule is CCOC(=O)C(C)NC(=O)CCc1ccc(N)cc1. The fourth-order valence-electron chi connectivity index (χ4n) is 1.58. The molecule has 1 amide bonds. The predicted octanol–water partition coefficient (Wildman–Crippen LogP) is 1.27. The number of benzene rings is 1. The van der Waals surface area contributed by atoms with Gasteiger partial charge >= 0.3 is 5.97 Å². The summed E-state index contributed by atoms with van der Waals surface area (Å²) >= 11 is 0. The minimum absolute atomic E-state index is 0.169. The first-order valence-corrected chi connectivity index (χ1v) is 6.33. The zero-order chi connectivity index (χ0) is 14.3. The van der Waals surface area contributed by atoms with Gasteiger partial charge in [0, 0.05) is 12.1 Å². The third-order valence-corrected chi connectivity index (χ3v) is 2.64. The van der Waals surface area contributed by atoms with Crippen LogP contribution in [-0.2, 0) is 20.7 Å². The Morgan fingerprint density at radius 2 is 1.95 bits per heavy atom. The molecule has 0 radical (unpaired) electrons. The van der Waals surface area contributed by atoms with Crippen molar-refractivity contribution < 1.29 is 14.3 Å². The number of rotatable bonds is 6. The van der Waals surface area contributed by atoms with E-state index in [4.69, 9.17) is 10.5 Å². The van der Waals surface area contributed by atoms with Crippen LogP contribution in [0.2, 0.25) is 0 Å². The highest BCUT2D eigenvalue weighted by atomic mass is 16.5. The van der Waals surface area contributed by atoms with Gasteiger partial charge < -0.3 is 15.8 Å². The maximum atomic E-state index is 11.7. The minimum atomic E-state index is -0.612. The van der Waals surface area contributed by atoms with Gasteiger partial charge in [-0.15, -0.1) is 0 Å². The van der Waals surface area contributed by atoms with Crippen LogP contribution in [0.4, 0.5) is 5.69 Å². The molecule has 0 aliphatic rings. The molecule has 1 rings (SSSR count). The van der Waals surface area contributed by atoms with Crippen molar-refractivity contribution in [2.24, 2.45) is 0 Å². The van der Waals surface area contributed by atoms with Gasteiger partial charge in [0.15, 0.2) is 0 Å². The molecule has 0 spiro atoms. The van der Waals surface area contributed by atoms with Crippen LogP contribution in [-0.4, -0.2) is 24.5 Å². The molecule has 1 atom stereocenters. The molecule has 0 aliphatic heterocycles. The van der Waals surface area contributed by atoms with Crippen molar-refractivity contribution in [3.8, 4) is 0 Å². The molecule has 5 heteroatoms. The second-order valence-electron chi connectivity index (χ2n) is 4.28. The Labute approximate surface area is 113 Å². The summed E-state index contributed by atoms with van der Waals surface area (Å²) in [7, 11) is 0. The zero-order valence-corrected chi connectivity index (χ0v) is 11.3. The van der Waals surface area contributed by atoms with Crippen LogP contribution < -0.4 is 11.1 Å². The Hall–Kier alpha value is -2.04. The molecule has 1 aromatic carbocycles. The molecule has 0 heterocycles. The standard InChI is InChI=1S/C14H20N2O3/c1-3-19-14(18)10(2)16-13(17)9-6-11-4-7-12(15)8-5-11/h4-5,7-8,10H,3,6,9,15H2,1-2H3,(H,16,17). The number of hydrogen-bond acceptors (Lipinski definition) is 4. The number of carbonyl (C=O) groups is 2. The number of esters is 1. The van der Waals surface area contributed by atoms with Crippen LogP contribution in [0.25, 0.3) is 0 Å². The molecule has 1 unspecified atom stereocenters. The molecular weight excluding hydrogens is 244 g/mol. The number of nitrogens with two attached hydrogens (primary N) is 1. The number of anilines is 1. The van der Waals surface area contributed by atoms with Crippen LogP contribution >= 0.6 is 0 Å². The third kappa shape index (κ3) is 5.42. The van der Waals surface area contributed by atoms with Crippen molar-refractivity contribution in [2.45, 2.75) is 32.7 Å². The average molecular weight is 264 g/mol. The van der Waals surface area contributed by atoms with Gasteiger partial charge in [0.2, 0.25) is 5.91 Å². The number of nitrogens with one attached hydrogen (secondary N) is 1. The summed E-state index contributed by atoms with van der Waals surface area (Å²) in [6.45, 7) is 3.65. The molecule has 0 aliphatic carbocycles. The Bertz CT molecular complexity index is 429. The fourth-order valence-corrected chi connectivity index (χ4v) is 1.58. The highest BCUT2D eigenvalue weighted by Crippen LogP contribution is 2.07. The first kappa shape index (κ1) is 15.0. The largest absolute Gasteiger partial charge is 0.464 e. The smallest absolute Gasteiger partial charge is 0.328 e. The van der Waals surface area contributed by atoms with Crippen LogP contribution in [0, 0.1) is 0 Å². The van der Waals surface area contributed by atoms with Crippen LogP contribution in [0.3, 0.4) is 0 Å². The third-order valence-electron chi connectivity index (χ3n) is 2.64. The van der Waals surface area contributed by atoms with E-state index in [-0.39, 0.29) is 5.91 Å². The molecule has 5 nitrogen and oxygen atoms in total. The van der Waals surface area contributed by atoms with Crippen molar-refractivity contribution in [1.29, 1.82) is 0 Å². The van der Waals surface area contributed by atoms with E-state index in [1.807, 2.05) is 12.1 Å². The Morgan fingerprint density at radius 1 is 1.32 bits per heavy atom. The number of amides is 1. The quantitative estimate of drug-likeness (QED) is 0.599. The fraction of sp³-hybridized carbons (Fsp3) is 0.429. The topological polar surface area (TPSA) is 81.4 Å². The Kier molecular flexibility index (Phi) is 5.85. The van der Waals surface area contributed by atoms with E-state index >= 15 is 0 Å². The number of ether oxygens (including phenoxy) is 1. The summed E-state index contributed by atoms with van der Waals surface area (Å²) in [4.78, 5) is 23.0. The van der Waals surface area contributed by atoms with Crippen molar-refractivity contribution in [3.63, 3.8) is 0 Å². The van der Waals surface area contributed by atoms with Crippen LogP contribution in [0.1, 0.15) is 25.8 Å². The summed E-state index contributed by atoms with van der Waals surface area (Å²) in [5, 5.41) is 2.61. The van der Waals surface area contributed by atoms with Crippen LogP contribution in [0.5, 0.6) is 0 Å². The molecule has 1 aromatic rings. The molecule has 0 aromatic heterocycles. The Balaban J connectivity index is 2.35. The minimum Gasteiger partial charge on any atom is -0.464 e. The number of nitrogen functional groups attached to an aromatic ring is 1. The predicted molar refractivity (Wildman–Crippen MR) is 73.4 cm³/mol. The van der Waals surface area contributed by atoms with E-state index in [0.29, 0.717) is 25.1 Å². The second-order valence-corrected chi connectivity index (χ2v) is 4.28. The lowest BCUT2D eigenvalue weighted by Crippen LogP contribution is -2.39. The zero-order valence-electron chi connectivity index (χ0n) is 11.3. The lowest BCUT2D eigenvalue weighted by molar-refractivity contribution is -0.146. The number of aryl methyl sites for hydroxylation is 1. The number of hydrogen-bond donors (Lipinski definition) is 2. The normalized spacial score (nSPS) is 11.7. The molecule has 3 N–H and O–H groups in total. The summed E-state index contributed by atoms with van der Waals surface area (Å²) in [5.41, 5.74) is 7.31. The lowest BCUT2D eigenvalue weighted by Gasteiger charge is -2.12. The molecule has 104 valence electrons. The highest BCUT2D eigenvalue weighted by Gasteiger charge is 2.16. The first-order valence-electron chi connectivity index (χ1n) is 6.33. The van der Waals surface area contributed by atoms with Gasteiger partial charge in [-0.25, -0.2) is 4.79 Å². The van der Waals surface area contributed by atoms with E-state index in [1.165, 1.54) is 0 Å². The molecule has 0 saturated carbocycles. The van der Waals surface area contributed by atoms with Gasteiger partial charge in [0.1, 0.15) is 6.04 Å². The first-order chi connectivity index (χ1) is 9.02. The van der Waals surface area contributed by atoms with Crippen molar-refractivity contribution >= 4 is 17.6 Å². The van der Waals surface area contributed by atoms with E-state index in [1.54, 1.807) is 26.0 Å². The summed E-state index contributed by atoms with van der Waals surface area (Å²) in [6, 6.07) is 6.76. The molecular formula is C14H20N2O3. The molecule has 19 heavy (non-hydrogen) atoms. The second kappa shape index (κ2) is 7.41. The van der Waals surface area contributed by atoms with Crippen molar-refractivity contribution in [3.05, 3.63) is 29.8 Å². The molecule has 0 bridgehead atoms. The van der Waals surface area contributed by atoms with Gasteiger partial charge in [-0.2, -0.15) is 0 Å². The van der Waals surface area contributed by atoms with E-state index in [9.17, 15) is 9.59 Å². The van der Waals surface area contributed by atoms with E-state index < -0.39 is 12.0 Å². The van der Waals surface area contributed by atoms with Crippen LogP contribution in [0.15, 0.2) is 24.3 Å². The van der Waals surface area contributed by atoms with Gasteiger partial charge in [-0.3, -0.25) is 4.79 Å². The number of carbonyl (C=O) groups excluding carboxylic acids is 2. The summed E-state index contributed by atoms with van der Waals surface area (Å²) in [5.74, 6) is -0.583. The van der Waals surface area contributed by atoms with Crippen molar-refractivity contribution in [2.75, 3.05) is 12.3 Å². The Morgan fingerprint density at radius 3 is 2.53 bits per heavy atom. The summed E-state index contributed by atoms with van der Waals surface area (Å²) < 4.78 is 4.81. The van der Waals surface area contributed by atoms with Gasteiger partial charge in [-0.05, 0) is 38.0 Å². The average Bonchev–Trinajstić information content (AvgIpc) is 2.38. The lowest BCUT2D eigenvalue weighted by atomic mass is 10.1. The molecule has 0 saturated heterocycles. The molecule has 0 fully saturated rings. The van der Waals surface area contributed by atoms with E-state index in [0.717, 1.165) is 5.56 Å².